The summed E-state index contributed by atoms with van der Waals surface area (Å²) >= 11 is 0. The van der Waals surface area contributed by atoms with Gasteiger partial charge < -0.3 is 9.64 Å². The zero-order valence-corrected chi connectivity index (χ0v) is 13.6. The second-order valence-corrected chi connectivity index (χ2v) is 6.90. The predicted octanol–water partition coefficient (Wildman–Crippen LogP) is 2.44. The Morgan fingerprint density at radius 2 is 2.00 bits per heavy atom. The number of rotatable bonds is 4. The minimum Gasteiger partial charge on any atom is -0.444 e. The van der Waals surface area contributed by atoms with E-state index in [1.807, 2.05) is 20.8 Å². The van der Waals surface area contributed by atoms with Crippen LogP contribution in [0.25, 0.3) is 0 Å². The number of hydrogen-bond acceptors (Lipinski definition) is 3. The van der Waals surface area contributed by atoms with E-state index in [-0.39, 0.29) is 6.09 Å². The van der Waals surface area contributed by atoms with Gasteiger partial charge in [-0.05, 0) is 33.6 Å². The molecule has 1 heterocycles. The summed E-state index contributed by atoms with van der Waals surface area (Å²) in [5.74, 6) is 3.56. The Morgan fingerprint density at radius 3 is 2.45 bits per heavy atom. The van der Waals surface area contributed by atoms with E-state index >= 15 is 0 Å². The molecule has 0 bridgehead atoms. The molecule has 1 aliphatic heterocycles. The maximum Gasteiger partial charge on any atom is 0.410 e. The summed E-state index contributed by atoms with van der Waals surface area (Å²) in [6, 6.07) is 0.421. The highest BCUT2D eigenvalue weighted by atomic mass is 16.6. The topological polar surface area (TPSA) is 32.8 Å². The van der Waals surface area contributed by atoms with Crippen molar-refractivity contribution in [1.29, 1.82) is 0 Å². The number of ether oxygens (including phenoxy) is 1. The lowest BCUT2D eigenvalue weighted by atomic mass is 9.93. The molecule has 0 aromatic heterocycles. The Balaban J connectivity index is 2.40. The molecule has 0 saturated carbocycles. The van der Waals surface area contributed by atoms with Crippen molar-refractivity contribution in [3.8, 4) is 12.3 Å². The van der Waals surface area contributed by atoms with Gasteiger partial charge in [0, 0.05) is 38.6 Å². The van der Waals surface area contributed by atoms with E-state index in [1.165, 1.54) is 0 Å². The highest BCUT2D eigenvalue weighted by Crippen LogP contribution is 2.22. The molecule has 0 N–H and O–H groups in total. The largest absolute Gasteiger partial charge is 0.444 e. The van der Waals surface area contributed by atoms with Gasteiger partial charge in [-0.3, -0.25) is 4.90 Å². The molecule has 0 aromatic carbocycles. The molecule has 0 radical (unpaired) electrons. The number of carbonyl (C=O) groups excluding carboxylic acids is 1. The van der Waals surface area contributed by atoms with Gasteiger partial charge in [0.1, 0.15) is 5.60 Å². The van der Waals surface area contributed by atoms with Crippen LogP contribution in [0.5, 0.6) is 0 Å². The number of amides is 1. The first-order chi connectivity index (χ1) is 9.14. The van der Waals surface area contributed by atoms with E-state index in [0.717, 1.165) is 13.1 Å². The number of hydrogen-bond donors (Lipinski definition) is 0. The molecule has 1 amide bonds. The van der Waals surface area contributed by atoms with Gasteiger partial charge in [0.15, 0.2) is 0 Å². The molecule has 4 nitrogen and oxygen atoms in total. The van der Waals surface area contributed by atoms with Crippen LogP contribution in [0.15, 0.2) is 0 Å². The third kappa shape index (κ3) is 4.72. The van der Waals surface area contributed by atoms with Gasteiger partial charge >= 0.3 is 6.09 Å². The van der Waals surface area contributed by atoms with Crippen LogP contribution in [0, 0.1) is 24.2 Å². The van der Waals surface area contributed by atoms with Gasteiger partial charge in [0.2, 0.25) is 0 Å². The fourth-order valence-corrected chi connectivity index (χ4v) is 2.31. The lowest BCUT2D eigenvalue weighted by molar-refractivity contribution is 0.0185. The summed E-state index contributed by atoms with van der Waals surface area (Å²) in [5, 5.41) is 0. The minimum atomic E-state index is -0.447. The first-order valence-corrected chi connectivity index (χ1v) is 7.28. The standard InChI is InChI=1S/C16H28N2O2/c1-8-14-10-18(11-14)13(3)12(2)9-17(7)15(19)20-16(4,5)6/h1,12-14H,9-11H2,2-7H3/t12-,13+/m0/s1. The molecule has 1 rings (SSSR count). The molecule has 1 fully saturated rings. The normalized spacial score (nSPS) is 19.6. The lowest BCUT2D eigenvalue weighted by Crippen LogP contribution is -2.54. The lowest BCUT2D eigenvalue weighted by Gasteiger charge is -2.43. The number of nitrogens with zero attached hydrogens (tertiary/aromatic N) is 2. The van der Waals surface area contributed by atoms with Crippen LogP contribution in [0.1, 0.15) is 34.6 Å². The Kier molecular flexibility index (Phi) is 5.47. The zero-order chi connectivity index (χ0) is 15.5. The highest BCUT2D eigenvalue weighted by molar-refractivity contribution is 5.67. The molecule has 1 aliphatic rings. The Bertz CT molecular complexity index is 375. The van der Waals surface area contributed by atoms with Crippen LogP contribution in [0.3, 0.4) is 0 Å². The molecule has 0 aliphatic carbocycles. The van der Waals surface area contributed by atoms with Gasteiger partial charge in [0.05, 0.1) is 0 Å². The van der Waals surface area contributed by atoms with Crippen molar-refractivity contribution in [1.82, 2.24) is 9.80 Å². The Morgan fingerprint density at radius 1 is 1.45 bits per heavy atom. The molecular formula is C16H28N2O2. The van der Waals surface area contributed by atoms with E-state index in [0.29, 0.717) is 24.4 Å². The first-order valence-electron chi connectivity index (χ1n) is 7.28. The van der Waals surface area contributed by atoms with Gasteiger partial charge in [-0.2, -0.15) is 0 Å². The second kappa shape index (κ2) is 6.49. The zero-order valence-electron chi connectivity index (χ0n) is 13.6. The summed E-state index contributed by atoms with van der Waals surface area (Å²) in [6.45, 7) is 12.6. The fraction of sp³-hybridized carbons (Fsp3) is 0.812. The van der Waals surface area contributed by atoms with Crippen LogP contribution in [0.2, 0.25) is 0 Å². The van der Waals surface area contributed by atoms with Crippen molar-refractivity contribution in [3.63, 3.8) is 0 Å². The molecule has 114 valence electrons. The molecule has 0 unspecified atom stereocenters. The molecule has 1 saturated heterocycles. The maximum atomic E-state index is 11.9. The summed E-state index contributed by atoms with van der Waals surface area (Å²) in [4.78, 5) is 16.0. The molecule has 0 spiro atoms. The summed E-state index contributed by atoms with van der Waals surface area (Å²) in [5.41, 5.74) is -0.447. The van der Waals surface area contributed by atoms with Crippen LogP contribution in [-0.4, -0.2) is 54.2 Å². The average Bonchev–Trinajstić information content (AvgIpc) is 2.24. The monoisotopic (exact) mass is 280 g/mol. The first kappa shape index (κ1) is 16.8. The quantitative estimate of drug-likeness (QED) is 0.742. The van der Waals surface area contributed by atoms with Crippen LogP contribution >= 0.6 is 0 Å². The van der Waals surface area contributed by atoms with E-state index in [9.17, 15) is 4.79 Å². The van der Waals surface area contributed by atoms with Crippen molar-refractivity contribution in [2.75, 3.05) is 26.7 Å². The Hall–Kier alpha value is -1.21. The van der Waals surface area contributed by atoms with Crippen molar-refractivity contribution in [2.24, 2.45) is 11.8 Å². The maximum absolute atomic E-state index is 11.9. The molecule has 0 aromatic rings. The van der Waals surface area contributed by atoms with Gasteiger partial charge in [-0.1, -0.05) is 6.92 Å². The summed E-state index contributed by atoms with van der Waals surface area (Å²) < 4.78 is 5.36. The summed E-state index contributed by atoms with van der Waals surface area (Å²) in [6.07, 6.45) is 5.14. The molecular weight excluding hydrogens is 252 g/mol. The van der Waals surface area contributed by atoms with Crippen molar-refractivity contribution in [2.45, 2.75) is 46.3 Å². The van der Waals surface area contributed by atoms with Gasteiger partial charge in [-0.15, -0.1) is 12.3 Å². The van der Waals surface area contributed by atoms with E-state index < -0.39 is 5.60 Å². The molecule has 2 atom stereocenters. The number of carbonyl (C=O) groups is 1. The van der Waals surface area contributed by atoms with Crippen molar-refractivity contribution >= 4 is 6.09 Å². The number of likely N-dealkylation sites (tertiary alicyclic amines) is 1. The van der Waals surface area contributed by atoms with Crippen molar-refractivity contribution in [3.05, 3.63) is 0 Å². The Labute approximate surface area is 123 Å². The fourth-order valence-electron chi connectivity index (χ4n) is 2.31. The van der Waals surface area contributed by atoms with Gasteiger partial charge in [-0.25, -0.2) is 4.79 Å². The van der Waals surface area contributed by atoms with E-state index in [2.05, 4.69) is 24.7 Å². The molecule has 20 heavy (non-hydrogen) atoms. The van der Waals surface area contributed by atoms with Crippen LogP contribution in [0.4, 0.5) is 4.79 Å². The van der Waals surface area contributed by atoms with Crippen LogP contribution < -0.4 is 0 Å². The third-order valence-electron chi connectivity index (χ3n) is 3.81. The molecule has 4 heteroatoms. The second-order valence-electron chi connectivity index (χ2n) is 6.90. The smallest absolute Gasteiger partial charge is 0.410 e. The van der Waals surface area contributed by atoms with Crippen LogP contribution in [-0.2, 0) is 4.74 Å². The third-order valence-corrected chi connectivity index (χ3v) is 3.81. The minimum absolute atomic E-state index is 0.262. The summed E-state index contributed by atoms with van der Waals surface area (Å²) in [7, 11) is 1.79. The predicted molar refractivity (Wildman–Crippen MR) is 81.4 cm³/mol. The highest BCUT2D eigenvalue weighted by Gasteiger charge is 2.32. The number of terminal acetylenes is 1. The van der Waals surface area contributed by atoms with Crippen molar-refractivity contribution < 1.29 is 9.53 Å². The van der Waals surface area contributed by atoms with Gasteiger partial charge in [0.25, 0.3) is 0 Å². The average molecular weight is 280 g/mol. The SMILES string of the molecule is C#CC1CN([C@H](C)[C@@H](C)CN(C)C(=O)OC(C)(C)C)C1. The van der Waals surface area contributed by atoms with E-state index in [1.54, 1.807) is 11.9 Å². The van der Waals surface area contributed by atoms with E-state index in [4.69, 9.17) is 11.2 Å².